The highest BCUT2D eigenvalue weighted by Gasteiger charge is 2.19. The van der Waals surface area contributed by atoms with Crippen molar-refractivity contribution >= 4 is 20.2 Å². The normalized spacial score (nSPS) is 12.2. The number of aryl methyl sites for hydroxylation is 2. The smallest absolute Gasteiger partial charge is 0.264 e. The molecule has 0 N–H and O–H groups in total. The van der Waals surface area contributed by atoms with Gasteiger partial charge in [-0.05, 0) is 37.6 Å². The van der Waals surface area contributed by atoms with Gasteiger partial charge in [-0.2, -0.15) is 16.8 Å². The lowest BCUT2D eigenvalue weighted by Crippen LogP contribution is -2.15. The van der Waals surface area contributed by atoms with Crippen molar-refractivity contribution < 1.29 is 25.2 Å². The summed E-state index contributed by atoms with van der Waals surface area (Å²) in [5.41, 5.74) is 1.47. The molecular formula is C16H18O6S2. The summed E-state index contributed by atoms with van der Waals surface area (Å²) >= 11 is 0. The van der Waals surface area contributed by atoms with E-state index in [0.717, 1.165) is 5.56 Å². The van der Waals surface area contributed by atoms with Crippen LogP contribution in [0.2, 0.25) is 0 Å². The summed E-state index contributed by atoms with van der Waals surface area (Å²) in [5, 5.41) is 0. The van der Waals surface area contributed by atoms with Crippen molar-refractivity contribution in [2.75, 3.05) is 13.2 Å². The molecule has 2 rings (SSSR count). The molecule has 0 saturated heterocycles. The molecule has 0 saturated carbocycles. The van der Waals surface area contributed by atoms with Crippen LogP contribution in [0.25, 0.3) is 0 Å². The molecule has 0 aliphatic rings. The minimum Gasteiger partial charge on any atom is -0.264 e. The Morgan fingerprint density at radius 1 is 0.750 bits per heavy atom. The highest BCUT2D eigenvalue weighted by Crippen LogP contribution is 2.17. The Morgan fingerprint density at radius 3 is 1.88 bits per heavy atom. The zero-order valence-electron chi connectivity index (χ0n) is 13.3. The third kappa shape index (κ3) is 4.64. The Labute approximate surface area is 142 Å². The molecule has 0 bridgehead atoms. The van der Waals surface area contributed by atoms with Gasteiger partial charge in [0, 0.05) is 0 Å². The van der Waals surface area contributed by atoms with E-state index in [1.165, 1.54) is 18.2 Å². The maximum atomic E-state index is 12.1. The van der Waals surface area contributed by atoms with Gasteiger partial charge in [-0.15, -0.1) is 0 Å². The first kappa shape index (κ1) is 18.6. The lowest BCUT2D eigenvalue weighted by molar-refractivity contribution is 0.224. The van der Waals surface area contributed by atoms with Gasteiger partial charge >= 0.3 is 0 Å². The molecule has 0 spiro atoms. The summed E-state index contributed by atoms with van der Waals surface area (Å²) < 4.78 is 57.7. The van der Waals surface area contributed by atoms with Gasteiger partial charge in [-0.3, -0.25) is 8.37 Å². The van der Waals surface area contributed by atoms with Crippen LogP contribution >= 0.6 is 0 Å². The Bertz CT molecular complexity index is 900. The first-order valence-electron chi connectivity index (χ1n) is 7.13. The predicted molar refractivity (Wildman–Crippen MR) is 88.6 cm³/mol. The number of benzene rings is 2. The van der Waals surface area contributed by atoms with Crippen molar-refractivity contribution in [1.29, 1.82) is 0 Å². The fourth-order valence-electron chi connectivity index (χ4n) is 1.96. The van der Waals surface area contributed by atoms with E-state index in [9.17, 15) is 16.8 Å². The molecule has 2 aromatic rings. The summed E-state index contributed by atoms with van der Waals surface area (Å²) in [6, 6.07) is 12.5. The van der Waals surface area contributed by atoms with E-state index >= 15 is 0 Å². The fraction of sp³-hybridized carbons (Fsp3) is 0.250. The lowest BCUT2D eigenvalue weighted by Gasteiger charge is -2.09. The third-order valence-electron chi connectivity index (χ3n) is 3.23. The van der Waals surface area contributed by atoms with Crippen LogP contribution in [0.3, 0.4) is 0 Å². The molecule has 0 radical (unpaired) electrons. The minimum atomic E-state index is -3.95. The van der Waals surface area contributed by atoms with E-state index in [4.69, 9.17) is 8.37 Å². The van der Waals surface area contributed by atoms with Gasteiger partial charge in [0.25, 0.3) is 20.2 Å². The van der Waals surface area contributed by atoms with Crippen LogP contribution < -0.4 is 0 Å². The van der Waals surface area contributed by atoms with Gasteiger partial charge in [0.2, 0.25) is 0 Å². The van der Waals surface area contributed by atoms with Gasteiger partial charge in [0.1, 0.15) is 0 Å². The van der Waals surface area contributed by atoms with Crippen LogP contribution in [0.15, 0.2) is 58.3 Å². The molecule has 24 heavy (non-hydrogen) atoms. The zero-order chi connectivity index (χ0) is 17.8. The Morgan fingerprint density at radius 2 is 1.29 bits per heavy atom. The van der Waals surface area contributed by atoms with Crippen LogP contribution in [0.5, 0.6) is 0 Å². The highest BCUT2D eigenvalue weighted by atomic mass is 32.2. The maximum Gasteiger partial charge on any atom is 0.297 e. The highest BCUT2D eigenvalue weighted by molar-refractivity contribution is 7.87. The van der Waals surface area contributed by atoms with Crippen molar-refractivity contribution in [3.05, 3.63) is 59.7 Å². The van der Waals surface area contributed by atoms with Gasteiger partial charge < -0.3 is 0 Å². The Balaban J connectivity index is 1.95. The molecule has 8 heteroatoms. The molecule has 0 unspecified atom stereocenters. The molecule has 0 atom stereocenters. The van der Waals surface area contributed by atoms with E-state index < -0.39 is 33.5 Å². The molecule has 0 fully saturated rings. The Hall–Kier alpha value is -1.74. The second-order valence-electron chi connectivity index (χ2n) is 5.13. The van der Waals surface area contributed by atoms with Crippen molar-refractivity contribution in [3.63, 3.8) is 0 Å². The SMILES string of the molecule is Cc1ccc(S(=O)(=O)OCCOS(=O)(=O)c2ccccc2C)cc1. The average Bonchev–Trinajstić information content (AvgIpc) is 2.52. The molecule has 2 aromatic carbocycles. The third-order valence-corrected chi connectivity index (χ3v) is 6.03. The second-order valence-corrected chi connectivity index (χ2v) is 8.33. The zero-order valence-corrected chi connectivity index (χ0v) is 14.9. The van der Waals surface area contributed by atoms with Gasteiger partial charge in [0.05, 0.1) is 23.0 Å². The van der Waals surface area contributed by atoms with Crippen LogP contribution in [0.1, 0.15) is 11.1 Å². The van der Waals surface area contributed by atoms with E-state index in [1.54, 1.807) is 37.3 Å². The van der Waals surface area contributed by atoms with Crippen LogP contribution in [-0.4, -0.2) is 30.0 Å². The molecule has 0 amide bonds. The van der Waals surface area contributed by atoms with Crippen molar-refractivity contribution in [1.82, 2.24) is 0 Å². The summed E-state index contributed by atoms with van der Waals surface area (Å²) in [6.45, 7) is 2.68. The topological polar surface area (TPSA) is 86.7 Å². The van der Waals surface area contributed by atoms with Crippen molar-refractivity contribution in [3.8, 4) is 0 Å². The van der Waals surface area contributed by atoms with E-state index in [2.05, 4.69) is 0 Å². The molecule has 0 aromatic heterocycles. The molecule has 0 heterocycles. The van der Waals surface area contributed by atoms with Crippen LogP contribution in [-0.2, 0) is 28.6 Å². The molecule has 6 nitrogen and oxygen atoms in total. The number of rotatable bonds is 7. The number of hydrogen-bond donors (Lipinski definition) is 0. The van der Waals surface area contributed by atoms with Gasteiger partial charge in [0.15, 0.2) is 0 Å². The van der Waals surface area contributed by atoms with E-state index in [-0.39, 0.29) is 9.79 Å². The average molecular weight is 370 g/mol. The van der Waals surface area contributed by atoms with Crippen LogP contribution in [0, 0.1) is 13.8 Å². The fourth-order valence-corrected chi connectivity index (χ4v) is 3.98. The van der Waals surface area contributed by atoms with Crippen LogP contribution in [0.4, 0.5) is 0 Å². The summed E-state index contributed by atoms with van der Waals surface area (Å²) in [5.74, 6) is 0. The maximum absolute atomic E-state index is 12.1. The Kier molecular flexibility index (Phi) is 5.76. The standard InChI is InChI=1S/C16H18O6S2/c1-13-7-9-15(10-8-13)23(17,18)21-11-12-22-24(19,20)16-6-4-3-5-14(16)2/h3-10H,11-12H2,1-2H3. The molecule has 0 aliphatic heterocycles. The molecule has 130 valence electrons. The van der Waals surface area contributed by atoms with E-state index in [1.807, 2.05) is 6.92 Å². The summed E-state index contributed by atoms with van der Waals surface area (Å²) in [6.07, 6.45) is 0. The summed E-state index contributed by atoms with van der Waals surface area (Å²) in [7, 11) is -7.90. The largest absolute Gasteiger partial charge is 0.297 e. The lowest BCUT2D eigenvalue weighted by atomic mass is 10.2. The van der Waals surface area contributed by atoms with Crippen molar-refractivity contribution in [2.24, 2.45) is 0 Å². The quantitative estimate of drug-likeness (QED) is 0.549. The summed E-state index contributed by atoms with van der Waals surface area (Å²) in [4.78, 5) is 0.0567. The minimum absolute atomic E-state index is 0.00913. The second kappa shape index (κ2) is 7.43. The molecular weight excluding hydrogens is 352 g/mol. The number of hydrogen-bond acceptors (Lipinski definition) is 6. The van der Waals surface area contributed by atoms with Gasteiger partial charge in [-0.25, -0.2) is 0 Å². The van der Waals surface area contributed by atoms with Gasteiger partial charge in [-0.1, -0.05) is 35.9 Å². The first-order valence-corrected chi connectivity index (χ1v) is 9.95. The predicted octanol–water partition coefficient (Wildman–Crippen LogP) is 2.41. The van der Waals surface area contributed by atoms with E-state index in [0.29, 0.717) is 5.56 Å². The monoisotopic (exact) mass is 370 g/mol. The first-order chi connectivity index (χ1) is 11.2. The molecule has 0 aliphatic carbocycles. The van der Waals surface area contributed by atoms with Crippen molar-refractivity contribution in [2.45, 2.75) is 23.6 Å².